The maximum absolute atomic E-state index is 3.53. The van der Waals surface area contributed by atoms with Crippen LogP contribution in [-0.4, -0.2) is 36.6 Å². The second-order valence-electron chi connectivity index (χ2n) is 5.48. The van der Waals surface area contributed by atoms with Crippen molar-refractivity contribution in [3.05, 3.63) is 0 Å². The first-order valence-corrected chi connectivity index (χ1v) is 6.36. The van der Waals surface area contributed by atoms with Crippen LogP contribution in [0.4, 0.5) is 0 Å². The number of hydrogen-bond donors (Lipinski definition) is 1. The van der Waals surface area contributed by atoms with Crippen LogP contribution in [0.25, 0.3) is 0 Å². The Morgan fingerprint density at radius 3 is 2.07 bits per heavy atom. The predicted molar refractivity (Wildman–Crippen MR) is 69.4 cm³/mol. The molecule has 0 aliphatic rings. The van der Waals surface area contributed by atoms with E-state index in [4.69, 9.17) is 0 Å². The van der Waals surface area contributed by atoms with E-state index in [9.17, 15) is 0 Å². The molecule has 0 aromatic heterocycles. The summed E-state index contributed by atoms with van der Waals surface area (Å²) < 4.78 is 0. The summed E-state index contributed by atoms with van der Waals surface area (Å²) in [4.78, 5) is 2.49. The summed E-state index contributed by atoms with van der Waals surface area (Å²) in [7, 11) is 2.24. The average Bonchev–Trinajstić information content (AvgIpc) is 2.13. The normalized spacial score (nSPS) is 12.8. The Hall–Kier alpha value is -0.0800. The third-order valence-electron chi connectivity index (χ3n) is 2.91. The third-order valence-corrected chi connectivity index (χ3v) is 2.91. The molecule has 1 N–H and O–H groups in total. The van der Waals surface area contributed by atoms with E-state index in [0.29, 0.717) is 0 Å². The molecule has 15 heavy (non-hydrogen) atoms. The van der Waals surface area contributed by atoms with Gasteiger partial charge in [0.15, 0.2) is 0 Å². The van der Waals surface area contributed by atoms with Crippen LogP contribution < -0.4 is 5.32 Å². The lowest BCUT2D eigenvalue weighted by Gasteiger charge is -2.27. The van der Waals surface area contributed by atoms with Crippen LogP contribution >= 0.6 is 0 Å². The van der Waals surface area contributed by atoms with Crippen LogP contribution in [-0.2, 0) is 0 Å². The first-order valence-electron chi connectivity index (χ1n) is 6.36. The van der Waals surface area contributed by atoms with Crippen molar-refractivity contribution in [2.75, 3.05) is 20.1 Å². The molecule has 0 aromatic carbocycles. The van der Waals surface area contributed by atoms with Crippen molar-refractivity contribution in [2.24, 2.45) is 0 Å². The van der Waals surface area contributed by atoms with E-state index in [1.807, 2.05) is 0 Å². The molecule has 0 rings (SSSR count). The van der Waals surface area contributed by atoms with E-state index in [1.165, 1.54) is 25.8 Å². The minimum Gasteiger partial charge on any atom is -0.312 e. The lowest BCUT2D eigenvalue weighted by molar-refractivity contribution is 0.224. The van der Waals surface area contributed by atoms with Crippen LogP contribution in [0, 0.1) is 0 Å². The molecule has 0 aliphatic heterocycles. The highest BCUT2D eigenvalue weighted by Crippen LogP contribution is 2.06. The van der Waals surface area contributed by atoms with Crippen molar-refractivity contribution in [1.82, 2.24) is 10.2 Å². The molecule has 92 valence electrons. The fourth-order valence-electron chi connectivity index (χ4n) is 1.89. The lowest BCUT2D eigenvalue weighted by Crippen LogP contribution is -2.38. The van der Waals surface area contributed by atoms with Crippen molar-refractivity contribution in [1.29, 1.82) is 0 Å². The van der Waals surface area contributed by atoms with Gasteiger partial charge < -0.3 is 10.2 Å². The monoisotopic (exact) mass is 214 g/mol. The van der Waals surface area contributed by atoms with E-state index >= 15 is 0 Å². The quantitative estimate of drug-likeness (QED) is 0.656. The molecular formula is C13H30N2. The first-order chi connectivity index (χ1) is 6.90. The Balaban J connectivity index is 3.58. The molecular weight excluding hydrogens is 184 g/mol. The van der Waals surface area contributed by atoms with Crippen molar-refractivity contribution in [2.45, 2.75) is 65.5 Å². The zero-order valence-electron chi connectivity index (χ0n) is 11.6. The highest BCUT2D eigenvalue weighted by Gasteiger charge is 2.11. The predicted octanol–water partition coefficient (Wildman–Crippen LogP) is 2.89. The van der Waals surface area contributed by atoms with Gasteiger partial charge in [0.05, 0.1) is 0 Å². The maximum Gasteiger partial charge on any atom is 0.00965 e. The zero-order valence-corrected chi connectivity index (χ0v) is 11.6. The summed E-state index contributed by atoms with van der Waals surface area (Å²) in [5, 5.41) is 3.53. The molecule has 0 aromatic rings. The molecule has 0 radical (unpaired) electrons. The number of hydrogen-bond acceptors (Lipinski definition) is 2. The van der Waals surface area contributed by atoms with Crippen LogP contribution in [0.3, 0.4) is 0 Å². The molecule has 0 saturated heterocycles. The molecule has 0 atom stereocenters. The van der Waals surface area contributed by atoms with E-state index in [2.05, 4.69) is 51.9 Å². The van der Waals surface area contributed by atoms with Gasteiger partial charge in [0, 0.05) is 11.6 Å². The second-order valence-corrected chi connectivity index (χ2v) is 5.48. The molecule has 0 unspecified atom stereocenters. The molecule has 0 bridgehead atoms. The number of rotatable bonds is 7. The van der Waals surface area contributed by atoms with Crippen LogP contribution in [0.2, 0.25) is 0 Å². The fourth-order valence-corrected chi connectivity index (χ4v) is 1.89. The molecule has 0 amide bonds. The molecule has 2 heteroatoms. The minimum absolute atomic E-state index is 0.257. The van der Waals surface area contributed by atoms with Crippen LogP contribution in [0.1, 0.15) is 53.9 Å². The van der Waals surface area contributed by atoms with Gasteiger partial charge in [-0.05, 0) is 60.2 Å². The standard InChI is InChI=1S/C13H30N2/c1-7-12(8-2)15(6)11-9-10-14-13(3,4)5/h12,14H,7-11H2,1-6H3. The Bertz CT molecular complexity index is 145. The molecule has 0 heterocycles. The second kappa shape index (κ2) is 7.24. The van der Waals surface area contributed by atoms with Gasteiger partial charge in [-0.15, -0.1) is 0 Å². The van der Waals surface area contributed by atoms with E-state index < -0.39 is 0 Å². The fraction of sp³-hybridized carbons (Fsp3) is 1.00. The lowest BCUT2D eigenvalue weighted by atomic mass is 10.1. The van der Waals surface area contributed by atoms with Crippen molar-refractivity contribution >= 4 is 0 Å². The highest BCUT2D eigenvalue weighted by atomic mass is 15.1. The number of nitrogens with zero attached hydrogens (tertiary/aromatic N) is 1. The summed E-state index contributed by atoms with van der Waals surface area (Å²) in [5.41, 5.74) is 0.257. The summed E-state index contributed by atoms with van der Waals surface area (Å²) in [6, 6.07) is 0.764. The van der Waals surface area contributed by atoms with Gasteiger partial charge >= 0.3 is 0 Å². The van der Waals surface area contributed by atoms with Gasteiger partial charge in [0.1, 0.15) is 0 Å². The largest absolute Gasteiger partial charge is 0.312 e. The molecule has 0 saturated carbocycles. The van der Waals surface area contributed by atoms with Crippen molar-refractivity contribution in [3.63, 3.8) is 0 Å². The van der Waals surface area contributed by atoms with Crippen molar-refractivity contribution in [3.8, 4) is 0 Å². The number of nitrogens with one attached hydrogen (secondary N) is 1. The van der Waals surface area contributed by atoms with Gasteiger partial charge in [0.2, 0.25) is 0 Å². The molecule has 0 fully saturated rings. The zero-order chi connectivity index (χ0) is 11.9. The van der Waals surface area contributed by atoms with Crippen molar-refractivity contribution < 1.29 is 0 Å². The molecule has 2 nitrogen and oxygen atoms in total. The van der Waals surface area contributed by atoms with E-state index in [-0.39, 0.29) is 5.54 Å². The summed E-state index contributed by atoms with van der Waals surface area (Å²) in [6.07, 6.45) is 3.77. The van der Waals surface area contributed by atoms with Gasteiger partial charge in [-0.3, -0.25) is 0 Å². The molecule has 0 spiro atoms. The molecule has 0 aliphatic carbocycles. The third kappa shape index (κ3) is 7.80. The van der Waals surface area contributed by atoms with Crippen LogP contribution in [0.5, 0.6) is 0 Å². The smallest absolute Gasteiger partial charge is 0.00965 e. The average molecular weight is 214 g/mol. The van der Waals surface area contributed by atoms with Gasteiger partial charge in [-0.25, -0.2) is 0 Å². The topological polar surface area (TPSA) is 15.3 Å². The Kier molecular flexibility index (Phi) is 7.20. The SMILES string of the molecule is CCC(CC)N(C)CCCNC(C)(C)C. The van der Waals surface area contributed by atoms with E-state index in [1.54, 1.807) is 0 Å². The minimum atomic E-state index is 0.257. The first kappa shape index (κ1) is 14.9. The van der Waals surface area contributed by atoms with Gasteiger partial charge in [-0.1, -0.05) is 13.8 Å². The Morgan fingerprint density at radius 1 is 1.13 bits per heavy atom. The van der Waals surface area contributed by atoms with Gasteiger partial charge in [-0.2, -0.15) is 0 Å². The van der Waals surface area contributed by atoms with E-state index in [0.717, 1.165) is 12.6 Å². The summed E-state index contributed by atoms with van der Waals surface area (Å²) in [6.45, 7) is 13.5. The Labute approximate surface area is 96.4 Å². The maximum atomic E-state index is 3.53. The summed E-state index contributed by atoms with van der Waals surface area (Å²) in [5.74, 6) is 0. The summed E-state index contributed by atoms with van der Waals surface area (Å²) >= 11 is 0. The Morgan fingerprint density at radius 2 is 1.67 bits per heavy atom. The van der Waals surface area contributed by atoms with Crippen LogP contribution in [0.15, 0.2) is 0 Å². The highest BCUT2D eigenvalue weighted by molar-refractivity contribution is 4.71. The van der Waals surface area contributed by atoms with Gasteiger partial charge in [0.25, 0.3) is 0 Å².